The molecule has 2 N–H and O–H groups in total. The van der Waals surface area contributed by atoms with E-state index in [1.54, 1.807) is 6.20 Å². The Labute approximate surface area is 89.3 Å². The molecule has 0 atom stereocenters. The first kappa shape index (κ1) is 11.7. The molecule has 1 heterocycles. The van der Waals surface area contributed by atoms with Gasteiger partial charge in [0.2, 0.25) is 0 Å². The van der Waals surface area contributed by atoms with Gasteiger partial charge in [-0.1, -0.05) is 13.8 Å². The normalized spacial score (nSPS) is 10.6. The van der Waals surface area contributed by atoms with E-state index < -0.39 is 5.97 Å². The standard InChI is InChI=1S/C11H16N2O2/c1-8(2)9-3-4-13-10(5-9)6-12-7-11(14)15/h3-5,8,12H,6-7H2,1-2H3,(H,14,15). The molecule has 1 aromatic heterocycles. The van der Waals surface area contributed by atoms with E-state index in [1.807, 2.05) is 12.1 Å². The van der Waals surface area contributed by atoms with Crippen LogP contribution in [0.1, 0.15) is 31.0 Å². The van der Waals surface area contributed by atoms with Gasteiger partial charge in [0.05, 0.1) is 12.2 Å². The second-order valence-electron chi connectivity index (χ2n) is 3.73. The Morgan fingerprint density at radius 2 is 2.33 bits per heavy atom. The summed E-state index contributed by atoms with van der Waals surface area (Å²) in [6.45, 7) is 4.69. The molecule has 4 heteroatoms. The van der Waals surface area contributed by atoms with Crippen molar-refractivity contribution in [2.45, 2.75) is 26.3 Å². The van der Waals surface area contributed by atoms with Crippen molar-refractivity contribution in [2.24, 2.45) is 0 Å². The van der Waals surface area contributed by atoms with Crippen molar-refractivity contribution in [1.29, 1.82) is 0 Å². The lowest BCUT2D eigenvalue weighted by Crippen LogP contribution is -2.22. The first-order chi connectivity index (χ1) is 7.09. The van der Waals surface area contributed by atoms with Gasteiger partial charge in [0, 0.05) is 12.7 Å². The third-order valence-electron chi connectivity index (χ3n) is 2.09. The maximum absolute atomic E-state index is 10.3. The van der Waals surface area contributed by atoms with Crippen molar-refractivity contribution >= 4 is 5.97 Å². The Kier molecular flexibility index (Phi) is 4.24. The molecule has 0 bridgehead atoms. The number of hydrogen-bond donors (Lipinski definition) is 2. The quantitative estimate of drug-likeness (QED) is 0.767. The summed E-state index contributed by atoms with van der Waals surface area (Å²) in [5, 5.41) is 11.3. The second kappa shape index (κ2) is 5.46. The predicted octanol–water partition coefficient (Wildman–Crippen LogP) is 1.38. The van der Waals surface area contributed by atoms with Gasteiger partial charge < -0.3 is 10.4 Å². The van der Waals surface area contributed by atoms with Gasteiger partial charge in [-0.3, -0.25) is 9.78 Å². The van der Waals surface area contributed by atoms with Crippen molar-refractivity contribution in [1.82, 2.24) is 10.3 Å². The van der Waals surface area contributed by atoms with Crippen LogP contribution in [0.25, 0.3) is 0 Å². The highest BCUT2D eigenvalue weighted by Gasteiger charge is 2.02. The van der Waals surface area contributed by atoms with Crippen LogP contribution < -0.4 is 5.32 Å². The van der Waals surface area contributed by atoms with Crippen molar-refractivity contribution in [2.75, 3.05) is 6.54 Å². The van der Waals surface area contributed by atoms with E-state index in [9.17, 15) is 4.79 Å². The molecular weight excluding hydrogens is 192 g/mol. The number of hydrogen-bond acceptors (Lipinski definition) is 3. The van der Waals surface area contributed by atoms with Crippen LogP contribution in [-0.2, 0) is 11.3 Å². The molecule has 15 heavy (non-hydrogen) atoms. The van der Waals surface area contributed by atoms with Gasteiger partial charge in [0.1, 0.15) is 0 Å². The molecule has 0 amide bonds. The Bertz CT molecular complexity index is 337. The molecule has 0 fully saturated rings. The maximum Gasteiger partial charge on any atom is 0.317 e. The minimum atomic E-state index is -0.852. The lowest BCUT2D eigenvalue weighted by Gasteiger charge is -2.07. The van der Waals surface area contributed by atoms with Crippen LogP contribution >= 0.6 is 0 Å². The number of rotatable bonds is 5. The van der Waals surface area contributed by atoms with Crippen LogP contribution in [0.4, 0.5) is 0 Å². The number of carboxylic acid groups (broad SMARTS) is 1. The Morgan fingerprint density at radius 1 is 1.60 bits per heavy atom. The first-order valence-corrected chi connectivity index (χ1v) is 4.97. The lowest BCUT2D eigenvalue weighted by molar-refractivity contribution is -0.135. The maximum atomic E-state index is 10.3. The number of carboxylic acids is 1. The Morgan fingerprint density at radius 3 is 2.93 bits per heavy atom. The van der Waals surface area contributed by atoms with Crippen molar-refractivity contribution in [3.63, 3.8) is 0 Å². The van der Waals surface area contributed by atoms with Gasteiger partial charge in [-0.25, -0.2) is 0 Å². The van der Waals surface area contributed by atoms with E-state index in [0.29, 0.717) is 12.5 Å². The van der Waals surface area contributed by atoms with Gasteiger partial charge in [-0.2, -0.15) is 0 Å². The highest BCUT2D eigenvalue weighted by Crippen LogP contribution is 2.13. The summed E-state index contributed by atoms with van der Waals surface area (Å²) in [5.74, 6) is -0.388. The number of carbonyl (C=O) groups is 1. The average Bonchev–Trinajstić information content (AvgIpc) is 2.17. The summed E-state index contributed by atoms with van der Waals surface area (Å²) in [4.78, 5) is 14.4. The fourth-order valence-corrected chi connectivity index (χ4v) is 1.25. The molecule has 0 aliphatic heterocycles. The molecule has 0 aliphatic carbocycles. The van der Waals surface area contributed by atoms with Crippen LogP contribution in [0.3, 0.4) is 0 Å². The molecule has 0 aromatic carbocycles. The molecule has 0 radical (unpaired) electrons. The van der Waals surface area contributed by atoms with Gasteiger partial charge in [0.15, 0.2) is 0 Å². The van der Waals surface area contributed by atoms with Crippen molar-refractivity contribution in [3.8, 4) is 0 Å². The van der Waals surface area contributed by atoms with Crippen molar-refractivity contribution < 1.29 is 9.90 Å². The molecule has 1 rings (SSSR count). The molecule has 0 saturated carbocycles. The minimum Gasteiger partial charge on any atom is -0.480 e. The molecule has 1 aromatic rings. The van der Waals surface area contributed by atoms with Crippen molar-refractivity contribution in [3.05, 3.63) is 29.6 Å². The fraction of sp³-hybridized carbons (Fsp3) is 0.455. The summed E-state index contributed by atoms with van der Waals surface area (Å²) in [7, 11) is 0. The second-order valence-corrected chi connectivity index (χ2v) is 3.73. The Hall–Kier alpha value is -1.42. The molecule has 0 aliphatic rings. The summed E-state index contributed by atoms with van der Waals surface area (Å²) in [5.41, 5.74) is 2.10. The summed E-state index contributed by atoms with van der Waals surface area (Å²) in [6.07, 6.45) is 1.76. The number of aromatic nitrogens is 1. The molecular formula is C11H16N2O2. The van der Waals surface area contributed by atoms with Gasteiger partial charge in [-0.15, -0.1) is 0 Å². The zero-order valence-corrected chi connectivity index (χ0v) is 9.03. The van der Waals surface area contributed by atoms with Crippen LogP contribution in [-0.4, -0.2) is 22.6 Å². The highest BCUT2D eigenvalue weighted by atomic mass is 16.4. The van der Waals surface area contributed by atoms with E-state index >= 15 is 0 Å². The predicted molar refractivity (Wildman–Crippen MR) is 57.7 cm³/mol. The third-order valence-corrected chi connectivity index (χ3v) is 2.09. The monoisotopic (exact) mass is 208 g/mol. The fourth-order valence-electron chi connectivity index (χ4n) is 1.25. The SMILES string of the molecule is CC(C)c1ccnc(CNCC(=O)O)c1. The molecule has 0 saturated heterocycles. The molecule has 0 spiro atoms. The van der Waals surface area contributed by atoms with E-state index in [2.05, 4.69) is 24.1 Å². The third kappa shape index (κ3) is 4.08. The molecule has 0 unspecified atom stereocenters. The van der Waals surface area contributed by atoms with E-state index in [-0.39, 0.29) is 6.54 Å². The van der Waals surface area contributed by atoms with E-state index in [1.165, 1.54) is 5.56 Å². The molecule has 4 nitrogen and oxygen atoms in total. The minimum absolute atomic E-state index is 0.0341. The zero-order valence-electron chi connectivity index (χ0n) is 9.03. The summed E-state index contributed by atoms with van der Waals surface area (Å²) < 4.78 is 0. The van der Waals surface area contributed by atoms with Crippen LogP contribution in [0, 0.1) is 0 Å². The van der Waals surface area contributed by atoms with Crippen LogP contribution in [0.15, 0.2) is 18.3 Å². The Balaban J connectivity index is 2.54. The average molecular weight is 208 g/mol. The smallest absolute Gasteiger partial charge is 0.317 e. The highest BCUT2D eigenvalue weighted by molar-refractivity contribution is 5.68. The van der Waals surface area contributed by atoms with Gasteiger partial charge >= 0.3 is 5.97 Å². The van der Waals surface area contributed by atoms with E-state index in [0.717, 1.165) is 5.69 Å². The summed E-state index contributed by atoms with van der Waals surface area (Å²) in [6, 6.07) is 3.98. The van der Waals surface area contributed by atoms with Crippen LogP contribution in [0.2, 0.25) is 0 Å². The van der Waals surface area contributed by atoms with Gasteiger partial charge in [0.25, 0.3) is 0 Å². The van der Waals surface area contributed by atoms with Gasteiger partial charge in [-0.05, 0) is 23.6 Å². The number of aliphatic carboxylic acids is 1. The summed E-state index contributed by atoms with van der Waals surface area (Å²) >= 11 is 0. The topological polar surface area (TPSA) is 62.2 Å². The first-order valence-electron chi connectivity index (χ1n) is 4.97. The molecule has 82 valence electrons. The number of nitrogens with one attached hydrogen (secondary N) is 1. The van der Waals surface area contributed by atoms with Crippen LogP contribution in [0.5, 0.6) is 0 Å². The largest absolute Gasteiger partial charge is 0.480 e. The number of nitrogens with zero attached hydrogens (tertiary/aromatic N) is 1. The van der Waals surface area contributed by atoms with E-state index in [4.69, 9.17) is 5.11 Å². The number of pyridine rings is 1. The zero-order chi connectivity index (χ0) is 11.3. The lowest BCUT2D eigenvalue weighted by atomic mass is 10.0.